The van der Waals surface area contributed by atoms with Crippen molar-refractivity contribution in [2.24, 2.45) is 0 Å². The Morgan fingerprint density at radius 2 is 2.25 bits per heavy atom. The molecule has 0 saturated carbocycles. The molecule has 0 aliphatic carbocycles. The molecule has 5 heteroatoms. The van der Waals surface area contributed by atoms with Crippen molar-refractivity contribution in [1.82, 2.24) is 9.80 Å². The molecule has 5 nitrogen and oxygen atoms in total. The lowest BCUT2D eigenvalue weighted by Gasteiger charge is -2.31. The third kappa shape index (κ3) is 2.30. The Labute approximate surface area is 93.6 Å². The molecule has 86 valence electrons. The molecule has 1 aliphatic rings. The van der Waals surface area contributed by atoms with Crippen LogP contribution in [0.25, 0.3) is 0 Å². The summed E-state index contributed by atoms with van der Waals surface area (Å²) in [5, 5.41) is 0. The van der Waals surface area contributed by atoms with Gasteiger partial charge in [0.25, 0.3) is 0 Å². The van der Waals surface area contributed by atoms with E-state index >= 15 is 0 Å². The van der Waals surface area contributed by atoms with Crippen molar-refractivity contribution >= 4 is 12.2 Å². The maximum absolute atomic E-state index is 11.5. The van der Waals surface area contributed by atoms with Crippen LogP contribution in [0, 0.1) is 0 Å². The Balaban J connectivity index is 1.95. The van der Waals surface area contributed by atoms with Gasteiger partial charge in [-0.3, -0.25) is 14.5 Å². The van der Waals surface area contributed by atoms with Gasteiger partial charge in [0, 0.05) is 20.1 Å². The predicted molar refractivity (Wildman–Crippen MR) is 57.0 cm³/mol. The normalized spacial score (nSPS) is 17.8. The lowest BCUT2D eigenvalue weighted by molar-refractivity contribution is -0.134. The summed E-state index contributed by atoms with van der Waals surface area (Å²) in [7, 11) is 1.80. The summed E-state index contributed by atoms with van der Waals surface area (Å²) < 4.78 is 5.26. The first-order valence-corrected chi connectivity index (χ1v) is 5.19. The summed E-state index contributed by atoms with van der Waals surface area (Å²) in [6.45, 7) is 2.56. The molecular formula is C11H14N2O3. The van der Waals surface area contributed by atoms with Crippen LogP contribution in [-0.4, -0.2) is 48.7 Å². The minimum Gasteiger partial charge on any atom is -0.457 e. The summed E-state index contributed by atoms with van der Waals surface area (Å²) in [6, 6.07) is 3.41. The molecule has 0 aromatic carbocycles. The third-order valence-electron chi connectivity index (χ3n) is 2.71. The van der Waals surface area contributed by atoms with Crippen LogP contribution in [-0.2, 0) is 11.3 Å². The molecule has 2 heterocycles. The first kappa shape index (κ1) is 10.9. The number of hydrogen-bond donors (Lipinski definition) is 0. The number of amides is 1. The zero-order valence-corrected chi connectivity index (χ0v) is 9.18. The molecule has 1 aliphatic heterocycles. The van der Waals surface area contributed by atoms with Gasteiger partial charge in [0.1, 0.15) is 5.76 Å². The molecule has 0 bridgehead atoms. The maximum Gasteiger partial charge on any atom is 0.236 e. The SMILES string of the molecule is CN1CCN(Cc2ccc(C=O)o2)CC1=O. The second-order valence-corrected chi connectivity index (χ2v) is 3.95. The van der Waals surface area contributed by atoms with Gasteiger partial charge in [-0.05, 0) is 12.1 Å². The molecule has 2 rings (SSSR count). The number of carbonyl (C=O) groups is 2. The second kappa shape index (κ2) is 4.49. The average molecular weight is 222 g/mol. The van der Waals surface area contributed by atoms with E-state index < -0.39 is 0 Å². The highest BCUT2D eigenvalue weighted by Gasteiger charge is 2.21. The van der Waals surface area contributed by atoms with E-state index in [2.05, 4.69) is 0 Å². The second-order valence-electron chi connectivity index (χ2n) is 3.95. The number of hydrogen-bond acceptors (Lipinski definition) is 4. The minimum absolute atomic E-state index is 0.119. The highest BCUT2D eigenvalue weighted by molar-refractivity contribution is 5.78. The predicted octanol–water partition coefficient (Wildman–Crippen LogP) is 0.366. The van der Waals surface area contributed by atoms with Crippen LogP contribution in [0.3, 0.4) is 0 Å². The third-order valence-corrected chi connectivity index (χ3v) is 2.71. The molecule has 0 unspecified atom stereocenters. The summed E-state index contributed by atoms with van der Waals surface area (Å²) in [5.74, 6) is 1.17. The fourth-order valence-corrected chi connectivity index (χ4v) is 1.71. The van der Waals surface area contributed by atoms with E-state index in [9.17, 15) is 9.59 Å². The van der Waals surface area contributed by atoms with Crippen molar-refractivity contribution in [3.63, 3.8) is 0 Å². The topological polar surface area (TPSA) is 53.8 Å². The van der Waals surface area contributed by atoms with Crippen LogP contribution in [0.5, 0.6) is 0 Å². The van der Waals surface area contributed by atoms with E-state index in [0.717, 1.165) is 18.8 Å². The molecule has 16 heavy (non-hydrogen) atoms. The van der Waals surface area contributed by atoms with Gasteiger partial charge in [0.15, 0.2) is 12.0 Å². The van der Waals surface area contributed by atoms with E-state index in [0.29, 0.717) is 25.1 Å². The lowest BCUT2D eigenvalue weighted by atomic mass is 10.3. The highest BCUT2D eigenvalue weighted by atomic mass is 16.3. The Morgan fingerprint density at radius 3 is 2.88 bits per heavy atom. The number of rotatable bonds is 3. The molecule has 1 fully saturated rings. The van der Waals surface area contributed by atoms with Crippen molar-refractivity contribution in [3.8, 4) is 0 Å². The lowest BCUT2D eigenvalue weighted by Crippen LogP contribution is -2.47. The number of piperazine rings is 1. The maximum atomic E-state index is 11.5. The van der Waals surface area contributed by atoms with E-state index in [4.69, 9.17) is 4.42 Å². The Bertz CT molecular complexity index is 400. The summed E-state index contributed by atoms with van der Waals surface area (Å²) in [5.41, 5.74) is 0. The van der Waals surface area contributed by atoms with Crippen molar-refractivity contribution in [2.45, 2.75) is 6.54 Å². The van der Waals surface area contributed by atoms with Crippen LogP contribution >= 0.6 is 0 Å². The van der Waals surface area contributed by atoms with Gasteiger partial charge in [-0.25, -0.2) is 0 Å². The monoisotopic (exact) mass is 222 g/mol. The molecule has 1 aromatic heterocycles. The van der Waals surface area contributed by atoms with Gasteiger partial charge in [-0.2, -0.15) is 0 Å². The number of furan rings is 1. The fraction of sp³-hybridized carbons (Fsp3) is 0.455. The highest BCUT2D eigenvalue weighted by Crippen LogP contribution is 2.11. The van der Waals surface area contributed by atoms with Gasteiger partial charge in [0.05, 0.1) is 13.1 Å². The van der Waals surface area contributed by atoms with Gasteiger partial charge < -0.3 is 9.32 Å². The molecular weight excluding hydrogens is 208 g/mol. The van der Waals surface area contributed by atoms with Crippen LogP contribution in [0.2, 0.25) is 0 Å². The van der Waals surface area contributed by atoms with Crippen LogP contribution in [0.4, 0.5) is 0 Å². The first-order chi connectivity index (χ1) is 7.69. The molecule has 0 atom stereocenters. The number of likely N-dealkylation sites (N-methyl/N-ethyl adjacent to an activating group) is 1. The van der Waals surface area contributed by atoms with Gasteiger partial charge in [-0.15, -0.1) is 0 Å². The molecule has 0 spiro atoms. The minimum atomic E-state index is 0.119. The van der Waals surface area contributed by atoms with Crippen molar-refractivity contribution in [1.29, 1.82) is 0 Å². The Morgan fingerprint density at radius 1 is 1.44 bits per heavy atom. The average Bonchev–Trinajstić information content (AvgIpc) is 2.71. The standard InChI is InChI=1S/C11H14N2O3/c1-12-4-5-13(7-11(12)15)6-9-2-3-10(8-14)16-9/h2-3,8H,4-7H2,1H3. The van der Waals surface area contributed by atoms with Crippen LogP contribution in [0.1, 0.15) is 16.3 Å². The zero-order valence-electron chi connectivity index (χ0n) is 9.18. The van der Waals surface area contributed by atoms with Crippen molar-refractivity contribution in [2.75, 3.05) is 26.7 Å². The quantitative estimate of drug-likeness (QED) is 0.693. The summed E-state index contributed by atoms with van der Waals surface area (Å²) in [6.07, 6.45) is 0.679. The molecule has 1 amide bonds. The molecule has 1 saturated heterocycles. The first-order valence-electron chi connectivity index (χ1n) is 5.19. The molecule has 0 radical (unpaired) electrons. The van der Waals surface area contributed by atoms with E-state index in [-0.39, 0.29) is 5.91 Å². The Hall–Kier alpha value is -1.62. The number of aldehydes is 1. The van der Waals surface area contributed by atoms with Gasteiger partial charge in [-0.1, -0.05) is 0 Å². The summed E-state index contributed by atoms with van der Waals surface area (Å²) in [4.78, 5) is 25.6. The number of nitrogens with zero attached hydrogens (tertiary/aromatic N) is 2. The smallest absolute Gasteiger partial charge is 0.236 e. The number of carbonyl (C=O) groups excluding carboxylic acids is 2. The van der Waals surface area contributed by atoms with Gasteiger partial charge >= 0.3 is 0 Å². The Kier molecular flexibility index (Phi) is 3.05. The molecule has 1 aromatic rings. The van der Waals surface area contributed by atoms with Crippen molar-refractivity contribution < 1.29 is 14.0 Å². The zero-order chi connectivity index (χ0) is 11.5. The molecule has 0 N–H and O–H groups in total. The van der Waals surface area contributed by atoms with Crippen molar-refractivity contribution in [3.05, 3.63) is 23.7 Å². The fourth-order valence-electron chi connectivity index (χ4n) is 1.71. The van der Waals surface area contributed by atoms with E-state index in [1.54, 1.807) is 24.1 Å². The van der Waals surface area contributed by atoms with Crippen LogP contribution < -0.4 is 0 Å². The van der Waals surface area contributed by atoms with E-state index in [1.807, 2.05) is 4.90 Å². The van der Waals surface area contributed by atoms with Crippen LogP contribution in [0.15, 0.2) is 16.5 Å². The summed E-state index contributed by atoms with van der Waals surface area (Å²) >= 11 is 0. The van der Waals surface area contributed by atoms with E-state index in [1.165, 1.54) is 0 Å². The van der Waals surface area contributed by atoms with Gasteiger partial charge in [0.2, 0.25) is 5.91 Å². The largest absolute Gasteiger partial charge is 0.457 e.